The molecule has 0 N–H and O–H groups in total. The molecule has 0 aromatic rings. The van der Waals surface area contributed by atoms with Gasteiger partial charge in [0.05, 0.1) is 0 Å². The van der Waals surface area contributed by atoms with Crippen molar-refractivity contribution in [3.8, 4) is 0 Å². The summed E-state index contributed by atoms with van der Waals surface area (Å²) < 4.78 is 0. The number of rotatable bonds is 11. The molecule has 0 spiro atoms. The van der Waals surface area contributed by atoms with Crippen LogP contribution in [0.2, 0.25) is 0 Å². The Morgan fingerprint density at radius 3 is 1.71 bits per heavy atom. The monoisotopic (exact) mass is 240 g/mol. The molecule has 0 saturated carbocycles. The third-order valence-electron chi connectivity index (χ3n) is 4.52. The summed E-state index contributed by atoms with van der Waals surface area (Å²) in [6.07, 6.45) is 12.8. The van der Waals surface area contributed by atoms with Gasteiger partial charge in [0, 0.05) is 0 Å². The SMILES string of the molecule is CCCC(C)C(C)CCCCCCC(C)CC. The molecule has 0 rings (SSSR count). The molecule has 0 aliphatic heterocycles. The van der Waals surface area contributed by atoms with Gasteiger partial charge in [-0.15, -0.1) is 0 Å². The summed E-state index contributed by atoms with van der Waals surface area (Å²) in [5.41, 5.74) is 0. The molecule has 0 nitrogen and oxygen atoms in total. The van der Waals surface area contributed by atoms with Crippen molar-refractivity contribution in [2.75, 3.05) is 0 Å². The highest BCUT2D eigenvalue weighted by Crippen LogP contribution is 2.23. The van der Waals surface area contributed by atoms with Crippen LogP contribution in [0.4, 0.5) is 0 Å². The van der Waals surface area contributed by atoms with Gasteiger partial charge in [0.2, 0.25) is 0 Å². The standard InChI is InChI=1S/C17H36/c1-6-12-16(4)17(5)14-11-9-8-10-13-15(3)7-2/h15-17H,6-14H2,1-5H3. The minimum absolute atomic E-state index is 0.931. The van der Waals surface area contributed by atoms with E-state index >= 15 is 0 Å². The van der Waals surface area contributed by atoms with E-state index in [4.69, 9.17) is 0 Å². The molecule has 0 aromatic carbocycles. The summed E-state index contributed by atoms with van der Waals surface area (Å²) in [6.45, 7) is 11.9. The summed E-state index contributed by atoms with van der Waals surface area (Å²) in [4.78, 5) is 0. The van der Waals surface area contributed by atoms with E-state index in [1.165, 1.54) is 57.8 Å². The van der Waals surface area contributed by atoms with E-state index in [9.17, 15) is 0 Å². The van der Waals surface area contributed by atoms with Crippen LogP contribution in [0.5, 0.6) is 0 Å². The van der Waals surface area contributed by atoms with Crippen molar-refractivity contribution in [3.05, 3.63) is 0 Å². The topological polar surface area (TPSA) is 0 Å². The average Bonchev–Trinajstić information content (AvgIpc) is 2.33. The van der Waals surface area contributed by atoms with Crippen molar-refractivity contribution in [3.63, 3.8) is 0 Å². The second kappa shape index (κ2) is 11.1. The molecular formula is C17H36. The summed E-state index contributed by atoms with van der Waals surface area (Å²) >= 11 is 0. The normalized spacial score (nSPS) is 16.8. The molecule has 0 saturated heterocycles. The molecule has 0 heterocycles. The van der Waals surface area contributed by atoms with E-state index < -0.39 is 0 Å². The minimum atomic E-state index is 0.931. The van der Waals surface area contributed by atoms with Crippen molar-refractivity contribution < 1.29 is 0 Å². The van der Waals surface area contributed by atoms with Crippen LogP contribution in [0.1, 0.15) is 92.4 Å². The first-order valence-electron chi connectivity index (χ1n) is 8.11. The van der Waals surface area contributed by atoms with E-state index in [2.05, 4.69) is 34.6 Å². The Kier molecular flexibility index (Phi) is 11.1. The largest absolute Gasteiger partial charge is 0.0654 e. The van der Waals surface area contributed by atoms with Crippen molar-refractivity contribution in [1.82, 2.24) is 0 Å². The van der Waals surface area contributed by atoms with Crippen LogP contribution in [0.25, 0.3) is 0 Å². The van der Waals surface area contributed by atoms with Gasteiger partial charge in [0.15, 0.2) is 0 Å². The molecular weight excluding hydrogens is 204 g/mol. The predicted octanol–water partition coefficient (Wildman–Crippen LogP) is 6.45. The van der Waals surface area contributed by atoms with Crippen molar-refractivity contribution in [2.45, 2.75) is 92.4 Å². The zero-order chi connectivity index (χ0) is 13.1. The van der Waals surface area contributed by atoms with Crippen molar-refractivity contribution in [2.24, 2.45) is 17.8 Å². The summed E-state index contributed by atoms with van der Waals surface area (Å²) in [7, 11) is 0. The van der Waals surface area contributed by atoms with Crippen LogP contribution in [0.15, 0.2) is 0 Å². The molecule has 104 valence electrons. The van der Waals surface area contributed by atoms with Crippen LogP contribution in [0, 0.1) is 17.8 Å². The van der Waals surface area contributed by atoms with E-state index in [1.54, 1.807) is 0 Å². The third-order valence-corrected chi connectivity index (χ3v) is 4.52. The predicted molar refractivity (Wildman–Crippen MR) is 80.4 cm³/mol. The Hall–Kier alpha value is 0. The molecule has 17 heavy (non-hydrogen) atoms. The highest BCUT2D eigenvalue weighted by molar-refractivity contribution is 4.62. The van der Waals surface area contributed by atoms with Crippen LogP contribution in [0.3, 0.4) is 0 Å². The number of unbranched alkanes of at least 4 members (excludes halogenated alkanes) is 3. The maximum absolute atomic E-state index is 2.44. The maximum Gasteiger partial charge on any atom is -0.0417 e. The second-order valence-electron chi connectivity index (χ2n) is 6.25. The summed E-state index contributed by atoms with van der Waals surface area (Å²) in [6, 6.07) is 0. The van der Waals surface area contributed by atoms with Gasteiger partial charge < -0.3 is 0 Å². The summed E-state index contributed by atoms with van der Waals surface area (Å²) in [5, 5.41) is 0. The molecule has 0 radical (unpaired) electrons. The zero-order valence-corrected chi connectivity index (χ0v) is 13.1. The number of hydrogen-bond donors (Lipinski definition) is 0. The number of hydrogen-bond acceptors (Lipinski definition) is 0. The Balaban J connectivity index is 3.33. The van der Waals surface area contributed by atoms with E-state index in [-0.39, 0.29) is 0 Å². The molecule has 3 atom stereocenters. The molecule has 0 amide bonds. The third kappa shape index (κ3) is 9.68. The lowest BCUT2D eigenvalue weighted by Gasteiger charge is -2.19. The lowest BCUT2D eigenvalue weighted by atomic mass is 9.87. The van der Waals surface area contributed by atoms with E-state index in [0.717, 1.165) is 17.8 Å². The average molecular weight is 240 g/mol. The Morgan fingerprint density at radius 2 is 1.18 bits per heavy atom. The molecule has 0 aliphatic rings. The highest BCUT2D eigenvalue weighted by atomic mass is 14.2. The van der Waals surface area contributed by atoms with Gasteiger partial charge in [0.25, 0.3) is 0 Å². The highest BCUT2D eigenvalue weighted by Gasteiger charge is 2.10. The van der Waals surface area contributed by atoms with Crippen molar-refractivity contribution >= 4 is 0 Å². The van der Waals surface area contributed by atoms with Gasteiger partial charge in [0.1, 0.15) is 0 Å². The molecule has 0 heteroatoms. The molecule has 3 unspecified atom stereocenters. The Morgan fingerprint density at radius 1 is 0.647 bits per heavy atom. The van der Waals surface area contributed by atoms with E-state index in [1.807, 2.05) is 0 Å². The second-order valence-corrected chi connectivity index (χ2v) is 6.25. The quantitative estimate of drug-likeness (QED) is 0.364. The lowest BCUT2D eigenvalue weighted by Crippen LogP contribution is -2.07. The first-order chi connectivity index (χ1) is 8.11. The van der Waals surface area contributed by atoms with Gasteiger partial charge >= 0.3 is 0 Å². The van der Waals surface area contributed by atoms with Crippen LogP contribution in [-0.2, 0) is 0 Å². The minimum Gasteiger partial charge on any atom is -0.0654 e. The smallest absolute Gasteiger partial charge is 0.0417 e. The van der Waals surface area contributed by atoms with Crippen LogP contribution >= 0.6 is 0 Å². The van der Waals surface area contributed by atoms with Crippen LogP contribution < -0.4 is 0 Å². The van der Waals surface area contributed by atoms with Gasteiger partial charge in [-0.2, -0.15) is 0 Å². The van der Waals surface area contributed by atoms with Crippen molar-refractivity contribution in [1.29, 1.82) is 0 Å². The first-order valence-corrected chi connectivity index (χ1v) is 8.11. The fourth-order valence-electron chi connectivity index (χ4n) is 2.54. The Labute approximate surface area is 111 Å². The van der Waals surface area contributed by atoms with Crippen LogP contribution in [-0.4, -0.2) is 0 Å². The van der Waals surface area contributed by atoms with Gasteiger partial charge in [-0.25, -0.2) is 0 Å². The van der Waals surface area contributed by atoms with Gasteiger partial charge in [-0.3, -0.25) is 0 Å². The molecule has 0 bridgehead atoms. The van der Waals surface area contributed by atoms with E-state index in [0.29, 0.717) is 0 Å². The van der Waals surface area contributed by atoms with Gasteiger partial charge in [-0.05, 0) is 17.8 Å². The maximum atomic E-state index is 2.44. The lowest BCUT2D eigenvalue weighted by molar-refractivity contribution is 0.329. The molecule has 0 fully saturated rings. The summed E-state index contributed by atoms with van der Waals surface area (Å²) in [5.74, 6) is 2.81. The molecule has 0 aromatic heterocycles. The fraction of sp³-hybridized carbons (Fsp3) is 1.00. The zero-order valence-electron chi connectivity index (χ0n) is 13.1. The fourth-order valence-corrected chi connectivity index (χ4v) is 2.54. The van der Waals surface area contributed by atoms with Gasteiger partial charge in [-0.1, -0.05) is 92.4 Å². The first kappa shape index (κ1) is 17.0. The molecule has 0 aliphatic carbocycles. The Bertz CT molecular complexity index is 150.